The van der Waals surface area contributed by atoms with Gasteiger partial charge in [0.1, 0.15) is 12.1 Å². The molecule has 2 atom stereocenters. The zero-order chi connectivity index (χ0) is 17.0. The van der Waals surface area contributed by atoms with Gasteiger partial charge in [-0.2, -0.15) is 13.5 Å². The van der Waals surface area contributed by atoms with E-state index >= 15 is 0 Å². The van der Waals surface area contributed by atoms with Crippen molar-refractivity contribution < 1.29 is 14.8 Å². The Balaban J connectivity index is 0.00000288. The summed E-state index contributed by atoms with van der Waals surface area (Å²) in [6.07, 6.45) is 1.32. The zero-order valence-corrected chi connectivity index (χ0v) is 15.5. The van der Waals surface area contributed by atoms with E-state index in [0.717, 1.165) is 12.0 Å². The van der Waals surface area contributed by atoms with Gasteiger partial charge in [-0.1, -0.05) is 44.2 Å². The van der Waals surface area contributed by atoms with Gasteiger partial charge < -0.3 is 5.32 Å². The summed E-state index contributed by atoms with van der Waals surface area (Å²) in [5.41, 5.74) is 2.76. The third-order valence-electron chi connectivity index (χ3n) is 3.91. The average molecular weight is 370 g/mol. The van der Waals surface area contributed by atoms with E-state index < -0.39 is 18.0 Å². The van der Waals surface area contributed by atoms with Crippen molar-refractivity contribution in [1.82, 2.24) is 15.7 Å². The fourth-order valence-electron chi connectivity index (χ4n) is 2.75. The second-order valence-corrected chi connectivity index (χ2v) is 6.29. The van der Waals surface area contributed by atoms with E-state index in [2.05, 4.69) is 5.32 Å². The standard InChI is InChI=1S/C16H21N3O3S.H2S/c1-10(2)13(14(20)18-22)19-15(21)12(17-16(19)23)9-8-11-6-4-3-5-7-11;/h3-7,10,12-13,22H,8-9H2,1-2H3,(H,17,23)(H,18,20);1H2/t12-,13?;/m0./s1. The Labute approximate surface area is 154 Å². The van der Waals surface area contributed by atoms with Crippen LogP contribution in [0.5, 0.6) is 0 Å². The number of benzene rings is 1. The molecule has 1 fully saturated rings. The molecule has 1 heterocycles. The lowest BCUT2D eigenvalue weighted by Crippen LogP contribution is -2.52. The Morgan fingerprint density at radius 1 is 1.38 bits per heavy atom. The third kappa shape index (κ3) is 4.46. The van der Waals surface area contributed by atoms with Gasteiger partial charge >= 0.3 is 0 Å². The first-order valence-electron chi connectivity index (χ1n) is 7.57. The van der Waals surface area contributed by atoms with Crippen LogP contribution in [-0.4, -0.2) is 39.1 Å². The van der Waals surface area contributed by atoms with Gasteiger partial charge in [0.15, 0.2) is 5.11 Å². The minimum atomic E-state index is -0.825. The fourth-order valence-corrected chi connectivity index (χ4v) is 3.09. The van der Waals surface area contributed by atoms with Crippen LogP contribution in [0.4, 0.5) is 0 Å². The van der Waals surface area contributed by atoms with Crippen molar-refractivity contribution in [3.05, 3.63) is 35.9 Å². The molecule has 0 aromatic heterocycles. The van der Waals surface area contributed by atoms with E-state index in [1.165, 1.54) is 4.90 Å². The fraction of sp³-hybridized carbons (Fsp3) is 0.438. The van der Waals surface area contributed by atoms with Gasteiger partial charge in [-0.25, -0.2) is 5.48 Å². The maximum atomic E-state index is 12.6. The maximum Gasteiger partial charge on any atom is 0.266 e. The second-order valence-electron chi connectivity index (χ2n) is 5.90. The number of aryl methyl sites for hydroxylation is 1. The van der Waals surface area contributed by atoms with Crippen molar-refractivity contribution in [1.29, 1.82) is 0 Å². The first kappa shape index (κ1) is 20.4. The van der Waals surface area contributed by atoms with Crippen LogP contribution in [0.15, 0.2) is 30.3 Å². The SMILES string of the molecule is CC(C)C(C(=O)NO)N1C(=O)[C@H](CCc2ccccc2)NC1=S.S. The van der Waals surface area contributed by atoms with E-state index in [4.69, 9.17) is 17.4 Å². The molecule has 1 aliphatic heterocycles. The summed E-state index contributed by atoms with van der Waals surface area (Å²) in [5.74, 6) is -1.05. The lowest BCUT2D eigenvalue weighted by atomic mass is 10.0. The zero-order valence-electron chi connectivity index (χ0n) is 13.7. The molecule has 2 rings (SSSR count). The molecule has 8 heteroatoms. The molecule has 132 valence electrons. The summed E-state index contributed by atoms with van der Waals surface area (Å²) >= 11 is 5.22. The quantitative estimate of drug-likeness (QED) is 0.401. The third-order valence-corrected chi connectivity index (χ3v) is 4.22. The van der Waals surface area contributed by atoms with Crippen LogP contribution < -0.4 is 10.8 Å². The summed E-state index contributed by atoms with van der Waals surface area (Å²) in [6.45, 7) is 3.60. The number of thiocarbonyl (C=S) groups is 1. The molecule has 1 aromatic carbocycles. The normalized spacial score (nSPS) is 18.2. The Hall–Kier alpha value is -1.64. The average Bonchev–Trinajstić information content (AvgIpc) is 2.81. The number of carbonyl (C=O) groups is 2. The maximum absolute atomic E-state index is 12.6. The van der Waals surface area contributed by atoms with Gasteiger partial charge in [-0.3, -0.25) is 19.7 Å². The van der Waals surface area contributed by atoms with Crippen LogP contribution >= 0.6 is 25.7 Å². The van der Waals surface area contributed by atoms with Crippen molar-refractivity contribution in [3.8, 4) is 0 Å². The first-order chi connectivity index (χ1) is 11.0. The lowest BCUT2D eigenvalue weighted by Gasteiger charge is -2.27. The number of carbonyl (C=O) groups excluding carboxylic acids is 2. The highest BCUT2D eigenvalue weighted by molar-refractivity contribution is 7.80. The van der Waals surface area contributed by atoms with Crippen molar-refractivity contribution in [2.24, 2.45) is 5.92 Å². The second kappa shape index (κ2) is 9.00. The van der Waals surface area contributed by atoms with Crippen LogP contribution in [0.3, 0.4) is 0 Å². The van der Waals surface area contributed by atoms with Crippen LogP contribution in [0.2, 0.25) is 0 Å². The molecule has 1 unspecified atom stereocenters. The molecule has 0 aliphatic carbocycles. The van der Waals surface area contributed by atoms with Crippen molar-refractivity contribution in [3.63, 3.8) is 0 Å². The highest BCUT2D eigenvalue weighted by Crippen LogP contribution is 2.20. The van der Waals surface area contributed by atoms with Crippen molar-refractivity contribution in [2.75, 3.05) is 0 Å². The minimum absolute atomic E-state index is 0. The van der Waals surface area contributed by atoms with E-state index in [1.54, 1.807) is 19.3 Å². The monoisotopic (exact) mass is 369 g/mol. The van der Waals surface area contributed by atoms with E-state index in [0.29, 0.717) is 6.42 Å². The molecule has 6 nitrogen and oxygen atoms in total. The molecule has 1 aromatic rings. The summed E-state index contributed by atoms with van der Waals surface area (Å²) < 4.78 is 0. The van der Waals surface area contributed by atoms with Gasteiger partial charge in [-0.05, 0) is 36.5 Å². The molecular formula is C16H23N3O3S2. The number of amides is 2. The van der Waals surface area contributed by atoms with Crippen molar-refractivity contribution in [2.45, 2.75) is 38.8 Å². The molecule has 2 amide bonds. The lowest BCUT2D eigenvalue weighted by molar-refractivity contribution is -0.141. The van der Waals surface area contributed by atoms with Gasteiger partial charge in [0.05, 0.1) is 0 Å². The van der Waals surface area contributed by atoms with Crippen LogP contribution in [-0.2, 0) is 16.0 Å². The number of hydroxylamine groups is 1. The number of hydrogen-bond donors (Lipinski definition) is 3. The number of nitrogens with one attached hydrogen (secondary N) is 2. The number of nitrogens with zero attached hydrogens (tertiary/aromatic N) is 1. The predicted molar refractivity (Wildman–Crippen MR) is 100 cm³/mol. The molecule has 1 saturated heterocycles. The molecule has 0 bridgehead atoms. The summed E-state index contributed by atoms with van der Waals surface area (Å²) in [6, 6.07) is 8.59. The van der Waals surface area contributed by atoms with E-state index in [9.17, 15) is 9.59 Å². The van der Waals surface area contributed by atoms with E-state index in [-0.39, 0.29) is 30.4 Å². The Bertz CT molecular complexity index is 595. The van der Waals surface area contributed by atoms with E-state index in [1.807, 2.05) is 30.3 Å². The Morgan fingerprint density at radius 2 is 2.00 bits per heavy atom. The highest BCUT2D eigenvalue weighted by atomic mass is 32.1. The van der Waals surface area contributed by atoms with Gasteiger partial charge in [0.25, 0.3) is 11.8 Å². The molecule has 1 aliphatic rings. The summed E-state index contributed by atoms with van der Waals surface area (Å²) in [4.78, 5) is 25.8. The topological polar surface area (TPSA) is 81.7 Å². The van der Waals surface area contributed by atoms with Crippen LogP contribution in [0, 0.1) is 5.92 Å². The van der Waals surface area contributed by atoms with Crippen molar-refractivity contribution >= 4 is 42.6 Å². The van der Waals surface area contributed by atoms with Crippen LogP contribution in [0.1, 0.15) is 25.8 Å². The first-order valence-corrected chi connectivity index (χ1v) is 7.98. The minimum Gasteiger partial charge on any atom is -0.350 e. The molecule has 0 saturated carbocycles. The number of hydrogen-bond acceptors (Lipinski definition) is 4. The predicted octanol–water partition coefficient (Wildman–Crippen LogP) is 1.35. The molecule has 0 radical (unpaired) electrons. The highest BCUT2D eigenvalue weighted by Gasteiger charge is 2.43. The summed E-state index contributed by atoms with van der Waals surface area (Å²) in [7, 11) is 0. The molecule has 0 spiro atoms. The Morgan fingerprint density at radius 3 is 2.54 bits per heavy atom. The van der Waals surface area contributed by atoms with Gasteiger partial charge in [0.2, 0.25) is 0 Å². The van der Waals surface area contributed by atoms with Crippen LogP contribution in [0.25, 0.3) is 0 Å². The summed E-state index contributed by atoms with van der Waals surface area (Å²) in [5, 5.41) is 12.1. The molecular weight excluding hydrogens is 346 g/mol. The molecule has 24 heavy (non-hydrogen) atoms. The Kier molecular flexibility index (Phi) is 7.65. The number of rotatable bonds is 6. The largest absolute Gasteiger partial charge is 0.350 e. The smallest absolute Gasteiger partial charge is 0.266 e. The molecule has 3 N–H and O–H groups in total. The van der Waals surface area contributed by atoms with Gasteiger partial charge in [0, 0.05) is 0 Å². The van der Waals surface area contributed by atoms with Gasteiger partial charge in [-0.15, -0.1) is 0 Å².